The number of nitrogens with one attached hydrogen (secondary N) is 1. The number of rotatable bonds is 0. The maximum atomic E-state index is 11.5. The number of H-pyrrole nitrogens is 1. The molecule has 0 atom stereocenters. The molecule has 6 heteroatoms. The van der Waals surface area contributed by atoms with Gasteiger partial charge in [-0.05, 0) is 12.1 Å². The summed E-state index contributed by atoms with van der Waals surface area (Å²) in [5.74, 6) is 0. The fourth-order valence-electron chi connectivity index (χ4n) is 1.83. The van der Waals surface area contributed by atoms with Crippen LogP contribution in [0.1, 0.15) is 0 Å². The molecule has 3 rings (SSSR count). The summed E-state index contributed by atoms with van der Waals surface area (Å²) in [5, 5.41) is 0.814. The Labute approximate surface area is 94.6 Å². The highest BCUT2D eigenvalue weighted by Crippen LogP contribution is 2.16. The lowest BCUT2D eigenvalue weighted by atomic mass is 10.2. The van der Waals surface area contributed by atoms with Crippen molar-refractivity contribution in [1.82, 2.24) is 19.5 Å². The molecule has 0 aliphatic heterocycles. The lowest BCUT2D eigenvalue weighted by Gasteiger charge is -2.04. The van der Waals surface area contributed by atoms with Gasteiger partial charge in [0.1, 0.15) is 6.33 Å². The lowest BCUT2D eigenvalue weighted by Crippen LogP contribution is -2.34. The van der Waals surface area contributed by atoms with Crippen molar-refractivity contribution in [3.8, 4) is 0 Å². The third-order valence-corrected chi connectivity index (χ3v) is 2.73. The Bertz CT molecular complexity index is 847. The largest absolute Gasteiger partial charge is 0.316 e. The van der Waals surface area contributed by atoms with Crippen molar-refractivity contribution in [2.45, 2.75) is 0 Å². The fourth-order valence-corrected chi connectivity index (χ4v) is 1.83. The Hall–Kier alpha value is -2.50. The summed E-state index contributed by atoms with van der Waals surface area (Å²) in [5.41, 5.74) is 0.761. The van der Waals surface area contributed by atoms with Crippen LogP contribution in [0, 0.1) is 0 Å². The van der Waals surface area contributed by atoms with E-state index < -0.39 is 11.1 Å². The zero-order chi connectivity index (χ0) is 12.0. The van der Waals surface area contributed by atoms with E-state index in [1.54, 1.807) is 25.4 Å². The van der Waals surface area contributed by atoms with Gasteiger partial charge in [0, 0.05) is 18.6 Å². The van der Waals surface area contributed by atoms with E-state index in [1.165, 1.54) is 10.9 Å². The van der Waals surface area contributed by atoms with Crippen LogP contribution in [-0.4, -0.2) is 19.5 Å². The standard InChI is InChI=1S/C11H8N4O2/c1-15-9-3-7-6(4-12-5-13-7)2-8(9)14-10(16)11(15)17/h2-5H,1H3,(H,14,16). The minimum absolute atomic E-state index is 0.578. The van der Waals surface area contributed by atoms with E-state index in [0.29, 0.717) is 11.0 Å². The summed E-state index contributed by atoms with van der Waals surface area (Å²) in [7, 11) is 1.56. The number of hydrogen-bond acceptors (Lipinski definition) is 4. The molecule has 6 nitrogen and oxygen atoms in total. The smallest absolute Gasteiger partial charge is 0.316 e. The lowest BCUT2D eigenvalue weighted by molar-refractivity contribution is 0.874. The summed E-state index contributed by atoms with van der Waals surface area (Å²) in [6.45, 7) is 0. The first kappa shape index (κ1) is 9.71. The van der Waals surface area contributed by atoms with Crippen LogP contribution in [0.5, 0.6) is 0 Å². The molecular weight excluding hydrogens is 220 g/mol. The molecule has 2 heterocycles. The summed E-state index contributed by atoms with van der Waals surface area (Å²) in [6.07, 6.45) is 3.10. The van der Waals surface area contributed by atoms with E-state index in [-0.39, 0.29) is 0 Å². The predicted molar refractivity (Wildman–Crippen MR) is 62.9 cm³/mol. The monoisotopic (exact) mass is 228 g/mol. The number of aromatic amines is 1. The SMILES string of the molecule is Cn1c(=O)c(=O)[nH]c2cc3cncnc3cc21. The van der Waals surface area contributed by atoms with E-state index >= 15 is 0 Å². The summed E-state index contributed by atoms with van der Waals surface area (Å²) in [4.78, 5) is 33.4. The maximum absolute atomic E-state index is 11.5. The van der Waals surface area contributed by atoms with Crippen LogP contribution in [-0.2, 0) is 7.05 Å². The molecule has 1 N–H and O–H groups in total. The molecule has 0 aliphatic carbocycles. The van der Waals surface area contributed by atoms with Crippen LogP contribution in [0.3, 0.4) is 0 Å². The van der Waals surface area contributed by atoms with Crippen molar-refractivity contribution in [2.75, 3.05) is 0 Å². The summed E-state index contributed by atoms with van der Waals surface area (Å²) >= 11 is 0. The van der Waals surface area contributed by atoms with Gasteiger partial charge in [0.05, 0.1) is 16.6 Å². The molecular formula is C11H8N4O2. The molecule has 0 amide bonds. The first-order valence-corrected chi connectivity index (χ1v) is 4.99. The zero-order valence-electron chi connectivity index (χ0n) is 8.97. The van der Waals surface area contributed by atoms with Crippen LogP contribution in [0.4, 0.5) is 0 Å². The van der Waals surface area contributed by atoms with Gasteiger partial charge in [0.25, 0.3) is 0 Å². The van der Waals surface area contributed by atoms with Crippen molar-refractivity contribution < 1.29 is 0 Å². The number of benzene rings is 1. The number of fused-ring (bicyclic) bond motifs is 2. The molecule has 0 bridgehead atoms. The third kappa shape index (κ3) is 1.34. The van der Waals surface area contributed by atoms with E-state index in [0.717, 1.165) is 10.9 Å². The molecule has 0 fully saturated rings. The molecule has 84 valence electrons. The van der Waals surface area contributed by atoms with Crippen molar-refractivity contribution in [2.24, 2.45) is 7.05 Å². The van der Waals surface area contributed by atoms with E-state index in [9.17, 15) is 9.59 Å². The van der Waals surface area contributed by atoms with Gasteiger partial charge >= 0.3 is 11.1 Å². The van der Waals surface area contributed by atoms with Crippen molar-refractivity contribution in [3.63, 3.8) is 0 Å². The first-order valence-electron chi connectivity index (χ1n) is 4.99. The molecule has 2 aromatic heterocycles. The molecule has 17 heavy (non-hydrogen) atoms. The number of aromatic nitrogens is 4. The average molecular weight is 228 g/mol. The Morgan fingerprint density at radius 3 is 2.94 bits per heavy atom. The highest BCUT2D eigenvalue weighted by molar-refractivity contribution is 5.92. The van der Waals surface area contributed by atoms with Crippen molar-refractivity contribution >= 4 is 21.9 Å². The minimum Gasteiger partial charge on any atom is -0.316 e. The van der Waals surface area contributed by atoms with Gasteiger partial charge in [-0.1, -0.05) is 0 Å². The highest BCUT2D eigenvalue weighted by Gasteiger charge is 2.06. The Morgan fingerprint density at radius 2 is 2.12 bits per heavy atom. The molecule has 0 radical (unpaired) electrons. The van der Waals surface area contributed by atoms with Crippen LogP contribution in [0.15, 0.2) is 34.2 Å². The van der Waals surface area contributed by atoms with Gasteiger partial charge in [-0.2, -0.15) is 0 Å². The van der Waals surface area contributed by atoms with Gasteiger partial charge in [-0.25, -0.2) is 9.97 Å². The van der Waals surface area contributed by atoms with Gasteiger partial charge in [0.15, 0.2) is 0 Å². The van der Waals surface area contributed by atoms with Crippen LogP contribution in [0.25, 0.3) is 21.9 Å². The molecule has 3 aromatic rings. The average Bonchev–Trinajstić information content (AvgIpc) is 2.34. The Kier molecular flexibility index (Phi) is 1.85. The van der Waals surface area contributed by atoms with Crippen LogP contribution < -0.4 is 11.1 Å². The number of aryl methyl sites for hydroxylation is 1. The number of hydrogen-bond donors (Lipinski definition) is 1. The fraction of sp³-hybridized carbons (Fsp3) is 0.0909. The van der Waals surface area contributed by atoms with E-state index in [1.807, 2.05) is 0 Å². The normalized spacial score (nSPS) is 11.1. The van der Waals surface area contributed by atoms with E-state index in [2.05, 4.69) is 15.0 Å². The summed E-state index contributed by atoms with van der Waals surface area (Å²) < 4.78 is 1.32. The molecule has 0 saturated heterocycles. The second-order valence-electron chi connectivity index (χ2n) is 3.77. The molecule has 1 aromatic carbocycles. The number of nitrogens with zero attached hydrogens (tertiary/aromatic N) is 3. The van der Waals surface area contributed by atoms with Gasteiger partial charge in [-0.15, -0.1) is 0 Å². The topological polar surface area (TPSA) is 80.6 Å². The Morgan fingerprint density at radius 1 is 1.29 bits per heavy atom. The zero-order valence-corrected chi connectivity index (χ0v) is 8.97. The molecule has 0 aliphatic rings. The maximum Gasteiger partial charge on any atom is 0.316 e. The molecule has 0 spiro atoms. The van der Waals surface area contributed by atoms with E-state index in [4.69, 9.17) is 0 Å². The quantitative estimate of drug-likeness (QED) is 0.439. The molecule has 0 saturated carbocycles. The Balaban J connectivity index is 2.61. The first-order chi connectivity index (χ1) is 8.16. The van der Waals surface area contributed by atoms with Gasteiger partial charge in [0.2, 0.25) is 0 Å². The van der Waals surface area contributed by atoms with Gasteiger partial charge in [-0.3, -0.25) is 9.59 Å². The van der Waals surface area contributed by atoms with Gasteiger partial charge < -0.3 is 9.55 Å². The summed E-state index contributed by atoms with van der Waals surface area (Å²) in [6, 6.07) is 3.51. The third-order valence-electron chi connectivity index (χ3n) is 2.73. The van der Waals surface area contributed by atoms with Crippen molar-refractivity contribution in [1.29, 1.82) is 0 Å². The molecule has 0 unspecified atom stereocenters. The van der Waals surface area contributed by atoms with Crippen molar-refractivity contribution in [3.05, 3.63) is 45.4 Å². The second kappa shape index (κ2) is 3.24. The highest BCUT2D eigenvalue weighted by atomic mass is 16.2. The minimum atomic E-state index is -0.629. The predicted octanol–water partition coefficient (Wildman–Crippen LogP) is 0.170. The van der Waals surface area contributed by atoms with Crippen LogP contribution >= 0.6 is 0 Å². The van der Waals surface area contributed by atoms with Crippen LogP contribution in [0.2, 0.25) is 0 Å². The second-order valence-corrected chi connectivity index (χ2v) is 3.77.